The summed E-state index contributed by atoms with van der Waals surface area (Å²) < 4.78 is 0. The Morgan fingerprint density at radius 3 is 3.11 bits per heavy atom. The minimum Gasteiger partial charge on any atom is -0.317 e. The van der Waals surface area contributed by atoms with Gasteiger partial charge in [-0.3, -0.25) is 4.79 Å². The van der Waals surface area contributed by atoms with E-state index in [9.17, 15) is 4.79 Å². The highest BCUT2D eigenvalue weighted by Crippen LogP contribution is 2.31. The second kappa shape index (κ2) is 7.87. The van der Waals surface area contributed by atoms with Crippen molar-refractivity contribution in [3.63, 3.8) is 0 Å². The van der Waals surface area contributed by atoms with Crippen LogP contribution in [0.2, 0.25) is 0 Å². The molecule has 2 heterocycles. The van der Waals surface area contributed by atoms with Crippen LogP contribution in [0.25, 0.3) is 0 Å². The summed E-state index contributed by atoms with van der Waals surface area (Å²) in [4.78, 5) is 17.3. The molecule has 0 atom stereocenters. The molecule has 1 amide bonds. The molecule has 0 spiro atoms. The van der Waals surface area contributed by atoms with Crippen molar-refractivity contribution in [3.05, 3.63) is 11.1 Å². The summed E-state index contributed by atoms with van der Waals surface area (Å²) in [6.07, 6.45) is 5.37. The lowest BCUT2D eigenvalue weighted by atomic mass is 9.97. The minimum atomic E-state index is 0.0599. The van der Waals surface area contributed by atoms with Gasteiger partial charge in [0.15, 0.2) is 5.13 Å². The Kier molecular flexibility index (Phi) is 6.13. The van der Waals surface area contributed by atoms with E-state index >= 15 is 0 Å². The number of carbonyl (C=O) groups excluding carboxylic acids is 1. The van der Waals surface area contributed by atoms with E-state index in [0.29, 0.717) is 11.7 Å². The Labute approximate surface area is 122 Å². The summed E-state index contributed by atoms with van der Waals surface area (Å²) in [7, 11) is 0. The fourth-order valence-corrected chi connectivity index (χ4v) is 3.80. The van der Waals surface area contributed by atoms with E-state index in [0.717, 1.165) is 30.4 Å². The molecule has 6 heteroatoms. The van der Waals surface area contributed by atoms with Crippen LogP contribution < -0.4 is 10.6 Å². The average Bonchev–Trinajstić information content (AvgIpc) is 2.88. The number of thioether (sulfide) groups is 1. The van der Waals surface area contributed by atoms with E-state index in [-0.39, 0.29) is 5.91 Å². The molecule has 1 aromatic heterocycles. The number of hydrogen-bond donors (Lipinski definition) is 2. The lowest BCUT2D eigenvalue weighted by molar-refractivity contribution is -0.113. The lowest BCUT2D eigenvalue weighted by Crippen LogP contribution is -2.26. The molecule has 2 rings (SSSR count). The molecule has 0 unspecified atom stereocenters. The second-order valence-corrected chi connectivity index (χ2v) is 6.86. The lowest BCUT2D eigenvalue weighted by Gasteiger charge is -2.20. The number of anilines is 1. The predicted molar refractivity (Wildman–Crippen MR) is 83.2 cm³/mol. The molecule has 0 saturated carbocycles. The number of carbonyl (C=O) groups is 1. The maximum Gasteiger partial charge on any atom is 0.236 e. The summed E-state index contributed by atoms with van der Waals surface area (Å²) in [6.45, 7) is 4.28. The molecule has 0 aromatic carbocycles. The van der Waals surface area contributed by atoms with E-state index in [1.54, 1.807) is 23.1 Å². The molecular weight excluding hydrogens is 278 g/mol. The van der Waals surface area contributed by atoms with Crippen LogP contribution in [0.5, 0.6) is 0 Å². The van der Waals surface area contributed by atoms with Crippen molar-refractivity contribution in [3.8, 4) is 0 Å². The molecule has 2 N–H and O–H groups in total. The number of thiazole rings is 1. The van der Waals surface area contributed by atoms with Crippen LogP contribution in [0.1, 0.15) is 37.0 Å². The Hall–Kier alpha value is -0.590. The molecule has 1 aliphatic heterocycles. The number of amides is 1. The number of aromatic nitrogens is 1. The largest absolute Gasteiger partial charge is 0.317 e. The van der Waals surface area contributed by atoms with E-state index in [4.69, 9.17) is 0 Å². The fourth-order valence-electron chi connectivity index (χ4n) is 2.10. The van der Waals surface area contributed by atoms with Gasteiger partial charge < -0.3 is 10.6 Å². The van der Waals surface area contributed by atoms with Crippen molar-refractivity contribution >= 4 is 34.1 Å². The Bertz CT molecular complexity index is 402. The summed E-state index contributed by atoms with van der Waals surface area (Å²) in [5.41, 5.74) is 0. The first-order chi connectivity index (χ1) is 9.29. The Balaban J connectivity index is 1.81. The topological polar surface area (TPSA) is 54.0 Å². The number of hydrogen-bond acceptors (Lipinski definition) is 5. The smallest absolute Gasteiger partial charge is 0.236 e. The van der Waals surface area contributed by atoms with Gasteiger partial charge in [0.05, 0.1) is 5.75 Å². The second-order valence-electron chi connectivity index (χ2n) is 4.69. The number of nitrogens with one attached hydrogen (secondary N) is 2. The molecule has 1 aromatic rings. The van der Waals surface area contributed by atoms with Crippen molar-refractivity contribution in [1.29, 1.82) is 0 Å². The fraction of sp³-hybridized carbons (Fsp3) is 0.692. The van der Waals surface area contributed by atoms with Crippen molar-refractivity contribution in [2.75, 3.05) is 29.9 Å². The third-order valence-electron chi connectivity index (χ3n) is 3.09. The monoisotopic (exact) mass is 299 g/mol. The van der Waals surface area contributed by atoms with E-state index in [1.165, 1.54) is 17.7 Å². The van der Waals surface area contributed by atoms with Crippen LogP contribution in [0.3, 0.4) is 0 Å². The molecule has 106 valence electrons. The molecule has 1 saturated heterocycles. The van der Waals surface area contributed by atoms with Gasteiger partial charge in [-0.25, -0.2) is 4.98 Å². The first-order valence-corrected chi connectivity index (χ1v) is 8.80. The number of piperidine rings is 1. The maximum atomic E-state index is 11.7. The normalized spacial score (nSPS) is 16.5. The standard InChI is InChI=1S/C13H21N3OS2/c1-2-7-18-9-12(17)16-13-15-8-11(19-13)10-3-5-14-6-4-10/h8,10,14H,2-7,9H2,1H3,(H,15,16,17). The summed E-state index contributed by atoms with van der Waals surface area (Å²) >= 11 is 3.30. The van der Waals surface area contributed by atoms with Crippen molar-refractivity contribution < 1.29 is 4.79 Å². The van der Waals surface area contributed by atoms with Gasteiger partial charge in [-0.15, -0.1) is 11.3 Å². The average molecular weight is 299 g/mol. The SMILES string of the molecule is CCCSCC(=O)Nc1ncc(C2CCNCC2)s1. The molecule has 1 fully saturated rings. The molecule has 0 aliphatic carbocycles. The van der Waals surface area contributed by atoms with Crippen molar-refractivity contribution in [1.82, 2.24) is 10.3 Å². The number of rotatable bonds is 6. The molecule has 0 radical (unpaired) electrons. The summed E-state index contributed by atoms with van der Waals surface area (Å²) in [5.74, 6) is 2.23. The van der Waals surface area contributed by atoms with Gasteiger partial charge in [0, 0.05) is 11.1 Å². The van der Waals surface area contributed by atoms with Crippen LogP contribution in [0.15, 0.2) is 6.20 Å². The zero-order valence-corrected chi connectivity index (χ0v) is 12.9. The highest BCUT2D eigenvalue weighted by Gasteiger charge is 2.18. The van der Waals surface area contributed by atoms with Crippen molar-refractivity contribution in [2.45, 2.75) is 32.1 Å². The Morgan fingerprint density at radius 2 is 2.37 bits per heavy atom. The van der Waals surface area contributed by atoms with Gasteiger partial charge in [0.2, 0.25) is 5.91 Å². The van der Waals surface area contributed by atoms with E-state index in [2.05, 4.69) is 22.5 Å². The first-order valence-electron chi connectivity index (χ1n) is 6.83. The van der Waals surface area contributed by atoms with Gasteiger partial charge in [-0.05, 0) is 44.0 Å². The molecule has 4 nitrogen and oxygen atoms in total. The Morgan fingerprint density at radius 1 is 1.58 bits per heavy atom. The van der Waals surface area contributed by atoms with Crippen LogP contribution in [0.4, 0.5) is 5.13 Å². The molecular formula is C13H21N3OS2. The minimum absolute atomic E-state index is 0.0599. The predicted octanol–water partition coefficient (Wildman–Crippen LogP) is 2.69. The summed E-state index contributed by atoms with van der Waals surface area (Å²) in [5, 5.41) is 7.00. The van der Waals surface area contributed by atoms with Gasteiger partial charge in [0.1, 0.15) is 0 Å². The van der Waals surface area contributed by atoms with Crippen LogP contribution in [0, 0.1) is 0 Å². The maximum absolute atomic E-state index is 11.7. The summed E-state index contributed by atoms with van der Waals surface area (Å²) in [6, 6.07) is 0. The van der Waals surface area contributed by atoms with Gasteiger partial charge >= 0.3 is 0 Å². The zero-order valence-electron chi connectivity index (χ0n) is 11.3. The van der Waals surface area contributed by atoms with Gasteiger partial charge in [-0.1, -0.05) is 6.92 Å². The molecule has 1 aliphatic rings. The van der Waals surface area contributed by atoms with Crippen LogP contribution >= 0.6 is 23.1 Å². The van der Waals surface area contributed by atoms with Crippen molar-refractivity contribution in [2.24, 2.45) is 0 Å². The molecule has 19 heavy (non-hydrogen) atoms. The third-order valence-corrected chi connectivity index (χ3v) is 5.33. The van der Waals surface area contributed by atoms with E-state index in [1.807, 2.05) is 6.20 Å². The molecule has 0 bridgehead atoms. The zero-order chi connectivity index (χ0) is 13.5. The van der Waals surface area contributed by atoms with Gasteiger partial charge in [-0.2, -0.15) is 11.8 Å². The van der Waals surface area contributed by atoms with Crippen LogP contribution in [-0.4, -0.2) is 35.5 Å². The van der Waals surface area contributed by atoms with Crippen LogP contribution in [-0.2, 0) is 4.79 Å². The quantitative estimate of drug-likeness (QED) is 0.793. The number of nitrogens with zero attached hydrogens (tertiary/aromatic N) is 1. The third kappa shape index (κ3) is 4.78. The highest BCUT2D eigenvalue weighted by molar-refractivity contribution is 7.99. The van der Waals surface area contributed by atoms with Gasteiger partial charge in [0.25, 0.3) is 0 Å². The first kappa shape index (κ1) is 14.8. The van der Waals surface area contributed by atoms with E-state index < -0.39 is 0 Å². The highest BCUT2D eigenvalue weighted by atomic mass is 32.2.